The van der Waals surface area contributed by atoms with E-state index >= 15 is 0 Å². The lowest BCUT2D eigenvalue weighted by Gasteiger charge is -2.41. The second-order valence-corrected chi connectivity index (χ2v) is 5.22. The molecule has 0 bridgehead atoms. The summed E-state index contributed by atoms with van der Waals surface area (Å²) in [6, 6.07) is 4.19. The van der Waals surface area contributed by atoms with Gasteiger partial charge in [-0.15, -0.1) is 0 Å². The second-order valence-electron chi connectivity index (χ2n) is 5.22. The first-order valence-corrected chi connectivity index (χ1v) is 6.71. The van der Waals surface area contributed by atoms with E-state index < -0.39 is 6.10 Å². The molecule has 3 atom stereocenters. The Kier molecular flexibility index (Phi) is 3.34. The van der Waals surface area contributed by atoms with Crippen LogP contribution in [0.2, 0.25) is 0 Å². The van der Waals surface area contributed by atoms with E-state index in [9.17, 15) is 14.7 Å². The van der Waals surface area contributed by atoms with E-state index in [1.165, 1.54) is 10.6 Å². The van der Waals surface area contributed by atoms with Crippen LogP contribution in [-0.4, -0.2) is 37.5 Å². The lowest BCUT2D eigenvalue weighted by atomic mass is 9.83. The number of hydrogen-bond donors (Lipinski definition) is 2. The highest BCUT2D eigenvalue weighted by Gasteiger charge is 2.42. The average molecular weight is 288 g/mol. The number of nitrogens with zero attached hydrogens (tertiary/aromatic N) is 3. The van der Waals surface area contributed by atoms with Gasteiger partial charge in [-0.3, -0.25) is 14.3 Å². The largest absolute Gasteiger partial charge is 0.391 e. The van der Waals surface area contributed by atoms with Gasteiger partial charge in [0.05, 0.1) is 18.2 Å². The first kappa shape index (κ1) is 13.6. The normalized spacial score (nSPS) is 24.4. The van der Waals surface area contributed by atoms with Gasteiger partial charge >= 0.3 is 0 Å². The zero-order valence-corrected chi connectivity index (χ0v) is 11.5. The molecule has 110 valence electrons. The van der Waals surface area contributed by atoms with Gasteiger partial charge in [-0.05, 0) is 18.6 Å². The fourth-order valence-electron chi connectivity index (χ4n) is 2.51. The maximum Gasteiger partial charge on any atom is 0.251 e. The minimum atomic E-state index is -0.529. The smallest absolute Gasteiger partial charge is 0.251 e. The van der Waals surface area contributed by atoms with Crippen LogP contribution in [0, 0.1) is 0 Å². The lowest BCUT2D eigenvalue weighted by Crippen LogP contribution is -2.56. The number of aromatic nitrogens is 3. The van der Waals surface area contributed by atoms with E-state index in [-0.39, 0.29) is 23.6 Å². The van der Waals surface area contributed by atoms with Gasteiger partial charge in [0.2, 0.25) is 0 Å². The van der Waals surface area contributed by atoms with Gasteiger partial charge < -0.3 is 15.0 Å². The molecule has 0 radical (unpaired) electrons. The Morgan fingerprint density at radius 1 is 1.48 bits per heavy atom. The molecule has 21 heavy (non-hydrogen) atoms. The maximum absolute atomic E-state index is 12.2. The molecule has 2 aromatic heterocycles. The van der Waals surface area contributed by atoms with Crippen LogP contribution in [0.5, 0.6) is 0 Å². The van der Waals surface area contributed by atoms with Crippen molar-refractivity contribution in [3.05, 3.63) is 52.7 Å². The van der Waals surface area contributed by atoms with Crippen molar-refractivity contribution >= 4 is 5.91 Å². The summed E-state index contributed by atoms with van der Waals surface area (Å²) in [7, 11) is 1.63. The van der Waals surface area contributed by atoms with E-state index in [0.717, 1.165) is 0 Å². The van der Waals surface area contributed by atoms with Crippen LogP contribution < -0.4 is 10.9 Å². The van der Waals surface area contributed by atoms with Gasteiger partial charge in [0.15, 0.2) is 0 Å². The predicted octanol–water partition coefficient (Wildman–Crippen LogP) is -0.314. The van der Waals surface area contributed by atoms with Gasteiger partial charge in [0, 0.05) is 37.3 Å². The van der Waals surface area contributed by atoms with Gasteiger partial charge in [-0.2, -0.15) is 5.10 Å². The molecule has 2 aromatic rings. The molecular formula is C14H16N4O3. The summed E-state index contributed by atoms with van der Waals surface area (Å²) in [5.74, 6) is -0.318. The molecule has 3 rings (SSSR count). The third kappa shape index (κ3) is 2.47. The minimum absolute atomic E-state index is 0.198. The molecule has 2 heterocycles. The van der Waals surface area contributed by atoms with E-state index in [1.54, 1.807) is 42.5 Å². The molecule has 0 spiro atoms. The number of aliphatic hydroxyl groups is 1. The fraction of sp³-hybridized carbons (Fsp3) is 0.357. The quantitative estimate of drug-likeness (QED) is 0.810. The van der Waals surface area contributed by atoms with Crippen molar-refractivity contribution < 1.29 is 9.90 Å². The molecule has 1 saturated carbocycles. The molecule has 1 aliphatic carbocycles. The predicted molar refractivity (Wildman–Crippen MR) is 74.8 cm³/mol. The Bertz CT molecular complexity index is 707. The molecule has 0 unspecified atom stereocenters. The number of aliphatic hydroxyl groups excluding tert-OH is 1. The summed E-state index contributed by atoms with van der Waals surface area (Å²) in [5, 5.41) is 16.8. The van der Waals surface area contributed by atoms with Crippen LogP contribution in [0.4, 0.5) is 0 Å². The van der Waals surface area contributed by atoms with E-state index in [0.29, 0.717) is 12.0 Å². The van der Waals surface area contributed by atoms with E-state index in [2.05, 4.69) is 10.4 Å². The highest BCUT2D eigenvalue weighted by molar-refractivity contribution is 5.94. The summed E-state index contributed by atoms with van der Waals surface area (Å²) in [5.41, 5.74) is 0.0821. The van der Waals surface area contributed by atoms with Gasteiger partial charge in [0.25, 0.3) is 11.5 Å². The van der Waals surface area contributed by atoms with Gasteiger partial charge in [0.1, 0.15) is 0 Å². The number of rotatable bonds is 3. The molecule has 1 aliphatic rings. The molecular weight excluding hydrogens is 272 g/mol. The topological polar surface area (TPSA) is 89.2 Å². The molecule has 1 fully saturated rings. The SMILES string of the molecule is Cn1ccc(C(=O)N[C@H]2C[C@@H](O)[C@@H]2n2cccn2)cc1=O. The van der Waals surface area contributed by atoms with Crippen LogP contribution in [0.1, 0.15) is 22.8 Å². The third-order valence-electron chi connectivity index (χ3n) is 3.82. The molecule has 0 aliphatic heterocycles. The first-order chi connectivity index (χ1) is 10.1. The monoisotopic (exact) mass is 288 g/mol. The molecule has 0 aromatic carbocycles. The molecule has 0 saturated heterocycles. The number of amides is 1. The van der Waals surface area contributed by atoms with Crippen molar-refractivity contribution in [3.63, 3.8) is 0 Å². The first-order valence-electron chi connectivity index (χ1n) is 6.71. The third-order valence-corrected chi connectivity index (χ3v) is 3.82. The summed E-state index contributed by atoms with van der Waals surface area (Å²) >= 11 is 0. The van der Waals surface area contributed by atoms with Crippen molar-refractivity contribution in [1.29, 1.82) is 0 Å². The molecule has 1 amide bonds. The van der Waals surface area contributed by atoms with Crippen LogP contribution in [-0.2, 0) is 7.05 Å². The zero-order chi connectivity index (χ0) is 15.0. The molecule has 7 nitrogen and oxygen atoms in total. The summed E-state index contributed by atoms with van der Waals surface area (Å²) in [4.78, 5) is 23.7. The van der Waals surface area contributed by atoms with Crippen molar-refractivity contribution in [1.82, 2.24) is 19.7 Å². The zero-order valence-electron chi connectivity index (χ0n) is 11.5. The Hall–Kier alpha value is -2.41. The molecule has 7 heteroatoms. The highest BCUT2D eigenvalue weighted by atomic mass is 16.3. The van der Waals surface area contributed by atoms with Gasteiger partial charge in [-0.25, -0.2) is 0 Å². The van der Waals surface area contributed by atoms with Crippen LogP contribution >= 0.6 is 0 Å². The maximum atomic E-state index is 12.2. The average Bonchev–Trinajstić information content (AvgIpc) is 2.94. The van der Waals surface area contributed by atoms with E-state index in [1.807, 2.05) is 0 Å². The summed E-state index contributed by atoms with van der Waals surface area (Å²) in [6.07, 6.45) is 4.88. The number of hydrogen-bond acceptors (Lipinski definition) is 4. The number of nitrogens with one attached hydrogen (secondary N) is 1. The highest BCUT2D eigenvalue weighted by Crippen LogP contribution is 2.32. The Labute approximate surface area is 120 Å². The van der Waals surface area contributed by atoms with Crippen LogP contribution in [0.3, 0.4) is 0 Å². The number of carbonyl (C=O) groups excluding carboxylic acids is 1. The van der Waals surface area contributed by atoms with Gasteiger partial charge in [-0.1, -0.05) is 0 Å². The number of carbonyl (C=O) groups is 1. The van der Waals surface area contributed by atoms with Crippen molar-refractivity contribution in [2.45, 2.75) is 24.6 Å². The van der Waals surface area contributed by atoms with E-state index in [4.69, 9.17) is 0 Å². The number of pyridine rings is 1. The van der Waals surface area contributed by atoms with Crippen molar-refractivity contribution in [2.24, 2.45) is 7.05 Å². The Morgan fingerprint density at radius 2 is 2.29 bits per heavy atom. The fourth-order valence-corrected chi connectivity index (χ4v) is 2.51. The number of aryl methyl sites for hydroxylation is 1. The minimum Gasteiger partial charge on any atom is -0.391 e. The van der Waals surface area contributed by atoms with Crippen LogP contribution in [0.25, 0.3) is 0 Å². The Morgan fingerprint density at radius 3 is 2.90 bits per heavy atom. The van der Waals surface area contributed by atoms with Crippen LogP contribution in [0.15, 0.2) is 41.6 Å². The second kappa shape index (κ2) is 5.17. The summed E-state index contributed by atoms with van der Waals surface area (Å²) in [6.45, 7) is 0. The van der Waals surface area contributed by atoms with Crippen molar-refractivity contribution in [3.8, 4) is 0 Å². The summed E-state index contributed by atoms with van der Waals surface area (Å²) < 4.78 is 3.04. The van der Waals surface area contributed by atoms with Crippen molar-refractivity contribution in [2.75, 3.05) is 0 Å². The molecule has 2 N–H and O–H groups in total. The Balaban J connectivity index is 1.73. The standard InChI is InChI=1S/C14H16N4O3/c1-17-6-3-9(7-12(17)20)14(21)16-10-8-11(19)13(10)18-5-2-4-15-18/h2-7,10-11,13,19H,8H2,1H3,(H,16,21)/t10-,11+,13+/m0/s1. The lowest BCUT2D eigenvalue weighted by molar-refractivity contribution is -0.00588.